The number of rotatable bonds is 0. The van der Waals surface area contributed by atoms with Gasteiger partial charge in [0.15, 0.2) is 0 Å². The van der Waals surface area contributed by atoms with Gasteiger partial charge in [-0.05, 0) is 29.9 Å². The minimum atomic E-state index is 0.707. The first kappa shape index (κ1) is 6.84. The lowest BCUT2D eigenvalue weighted by atomic mass is 9.97. The second kappa shape index (κ2) is 2.33. The van der Waals surface area contributed by atoms with Gasteiger partial charge in [0.2, 0.25) is 0 Å². The van der Waals surface area contributed by atoms with Crippen LogP contribution < -0.4 is 0 Å². The third-order valence-electron chi connectivity index (χ3n) is 2.78. The van der Waals surface area contributed by atoms with Crippen molar-refractivity contribution in [3.05, 3.63) is 29.6 Å². The Hall–Kier alpha value is -0.850. The Bertz CT molecular complexity index is 267. The summed E-state index contributed by atoms with van der Waals surface area (Å²) in [5.74, 6) is 1.48. The van der Waals surface area contributed by atoms with Crippen LogP contribution in [0.5, 0.6) is 0 Å². The number of hydrogen-bond donors (Lipinski definition) is 0. The summed E-state index contributed by atoms with van der Waals surface area (Å²) in [4.78, 5) is 4.36. The molecule has 1 aromatic rings. The quantitative estimate of drug-likeness (QED) is 0.549. The molecule has 0 amide bonds. The van der Waals surface area contributed by atoms with Gasteiger partial charge < -0.3 is 0 Å². The van der Waals surface area contributed by atoms with Crippen LogP contribution >= 0.6 is 0 Å². The summed E-state index contributed by atoms with van der Waals surface area (Å²) < 4.78 is 0. The van der Waals surface area contributed by atoms with Crippen LogP contribution in [0.3, 0.4) is 0 Å². The van der Waals surface area contributed by atoms with Gasteiger partial charge in [-0.3, -0.25) is 4.98 Å². The van der Waals surface area contributed by atoms with Gasteiger partial charge in [-0.2, -0.15) is 0 Å². The SMILES string of the molecule is CC1Cc2ncccc2C1C. The molecular weight excluding hydrogens is 134 g/mol. The Morgan fingerprint density at radius 1 is 1.45 bits per heavy atom. The number of pyridine rings is 1. The van der Waals surface area contributed by atoms with Gasteiger partial charge in [0, 0.05) is 11.9 Å². The summed E-state index contributed by atoms with van der Waals surface area (Å²) in [6.07, 6.45) is 3.06. The van der Waals surface area contributed by atoms with E-state index in [1.807, 2.05) is 12.3 Å². The second-order valence-corrected chi connectivity index (χ2v) is 3.51. The molecule has 1 aliphatic rings. The van der Waals surface area contributed by atoms with Gasteiger partial charge in [0.1, 0.15) is 0 Å². The summed E-state index contributed by atoms with van der Waals surface area (Å²) >= 11 is 0. The zero-order valence-corrected chi connectivity index (χ0v) is 7.04. The minimum Gasteiger partial charge on any atom is -0.261 e. The molecule has 1 aliphatic carbocycles. The monoisotopic (exact) mass is 147 g/mol. The zero-order chi connectivity index (χ0) is 7.84. The van der Waals surface area contributed by atoms with E-state index >= 15 is 0 Å². The lowest BCUT2D eigenvalue weighted by molar-refractivity contribution is 0.530. The van der Waals surface area contributed by atoms with Crippen molar-refractivity contribution in [3.8, 4) is 0 Å². The molecule has 0 N–H and O–H groups in total. The molecule has 0 saturated carbocycles. The van der Waals surface area contributed by atoms with E-state index < -0.39 is 0 Å². The summed E-state index contributed by atoms with van der Waals surface area (Å²) in [5, 5.41) is 0. The molecule has 0 spiro atoms. The molecule has 2 rings (SSSR count). The smallest absolute Gasteiger partial charge is 0.0441 e. The third kappa shape index (κ3) is 0.953. The minimum absolute atomic E-state index is 0.707. The van der Waals surface area contributed by atoms with Gasteiger partial charge in [0.05, 0.1) is 0 Å². The average molecular weight is 147 g/mol. The molecular formula is C10H13N. The fraction of sp³-hybridized carbons (Fsp3) is 0.500. The van der Waals surface area contributed by atoms with Crippen molar-refractivity contribution in [1.82, 2.24) is 4.98 Å². The van der Waals surface area contributed by atoms with Crippen molar-refractivity contribution in [2.75, 3.05) is 0 Å². The summed E-state index contributed by atoms with van der Waals surface area (Å²) in [6, 6.07) is 4.24. The number of nitrogens with zero attached hydrogens (tertiary/aromatic N) is 1. The zero-order valence-electron chi connectivity index (χ0n) is 7.04. The average Bonchev–Trinajstić information content (AvgIpc) is 2.30. The second-order valence-electron chi connectivity index (χ2n) is 3.51. The van der Waals surface area contributed by atoms with E-state index in [-0.39, 0.29) is 0 Å². The predicted octanol–water partition coefficient (Wildman–Crippen LogP) is 2.38. The van der Waals surface area contributed by atoms with E-state index in [1.165, 1.54) is 11.3 Å². The topological polar surface area (TPSA) is 12.9 Å². The molecule has 1 heterocycles. The number of aromatic nitrogens is 1. The van der Waals surface area contributed by atoms with Gasteiger partial charge in [-0.25, -0.2) is 0 Å². The Balaban J connectivity index is 2.47. The van der Waals surface area contributed by atoms with Gasteiger partial charge in [-0.15, -0.1) is 0 Å². The molecule has 2 unspecified atom stereocenters. The van der Waals surface area contributed by atoms with E-state index in [4.69, 9.17) is 0 Å². The van der Waals surface area contributed by atoms with Crippen LogP contribution in [0.4, 0.5) is 0 Å². The molecule has 0 saturated heterocycles. The molecule has 11 heavy (non-hydrogen) atoms. The first-order valence-electron chi connectivity index (χ1n) is 4.23. The molecule has 0 aliphatic heterocycles. The normalized spacial score (nSPS) is 28.5. The van der Waals surface area contributed by atoms with Crippen LogP contribution in [-0.4, -0.2) is 4.98 Å². The molecule has 0 aromatic carbocycles. The van der Waals surface area contributed by atoms with Crippen LogP contribution in [-0.2, 0) is 6.42 Å². The maximum Gasteiger partial charge on any atom is 0.0441 e. The summed E-state index contributed by atoms with van der Waals surface area (Å²) in [7, 11) is 0. The van der Waals surface area contributed by atoms with Gasteiger partial charge in [0.25, 0.3) is 0 Å². The van der Waals surface area contributed by atoms with Crippen LogP contribution in [0.1, 0.15) is 31.0 Å². The lowest BCUT2D eigenvalue weighted by Gasteiger charge is -2.07. The van der Waals surface area contributed by atoms with Crippen molar-refractivity contribution in [3.63, 3.8) is 0 Å². The molecule has 1 aromatic heterocycles. The van der Waals surface area contributed by atoms with Crippen molar-refractivity contribution >= 4 is 0 Å². The molecule has 58 valence electrons. The van der Waals surface area contributed by atoms with E-state index in [2.05, 4.69) is 24.9 Å². The number of hydrogen-bond acceptors (Lipinski definition) is 1. The first-order chi connectivity index (χ1) is 5.29. The lowest BCUT2D eigenvalue weighted by Crippen LogP contribution is -1.97. The highest BCUT2D eigenvalue weighted by Gasteiger charge is 2.25. The summed E-state index contributed by atoms with van der Waals surface area (Å²) in [5.41, 5.74) is 2.77. The first-order valence-corrected chi connectivity index (χ1v) is 4.23. The highest BCUT2D eigenvalue weighted by molar-refractivity contribution is 5.29. The van der Waals surface area contributed by atoms with Gasteiger partial charge >= 0.3 is 0 Å². The molecule has 0 fully saturated rings. The Labute approximate surface area is 67.5 Å². The van der Waals surface area contributed by atoms with Crippen molar-refractivity contribution < 1.29 is 0 Å². The Kier molecular flexibility index (Phi) is 1.45. The Morgan fingerprint density at radius 2 is 2.27 bits per heavy atom. The molecule has 0 radical (unpaired) electrons. The highest BCUT2D eigenvalue weighted by atomic mass is 14.7. The molecule has 2 atom stereocenters. The van der Waals surface area contributed by atoms with Crippen molar-refractivity contribution in [2.24, 2.45) is 5.92 Å². The predicted molar refractivity (Wildman–Crippen MR) is 45.5 cm³/mol. The van der Waals surface area contributed by atoms with E-state index in [1.54, 1.807) is 0 Å². The van der Waals surface area contributed by atoms with E-state index in [9.17, 15) is 0 Å². The number of fused-ring (bicyclic) bond motifs is 1. The molecule has 1 nitrogen and oxygen atoms in total. The maximum absolute atomic E-state index is 4.36. The maximum atomic E-state index is 4.36. The van der Waals surface area contributed by atoms with Gasteiger partial charge in [-0.1, -0.05) is 19.9 Å². The fourth-order valence-electron chi connectivity index (χ4n) is 1.82. The standard InChI is InChI=1S/C10H13N/c1-7-6-10-9(8(7)2)4-3-5-11-10/h3-5,7-8H,6H2,1-2H3. The van der Waals surface area contributed by atoms with Crippen molar-refractivity contribution in [2.45, 2.75) is 26.2 Å². The van der Waals surface area contributed by atoms with Crippen LogP contribution in [0, 0.1) is 5.92 Å². The van der Waals surface area contributed by atoms with Crippen LogP contribution in [0.25, 0.3) is 0 Å². The van der Waals surface area contributed by atoms with E-state index in [0.717, 1.165) is 12.3 Å². The largest absolute Gasteiger partial charge is 0.261 e. The third-order valence-corrected chi connectivity index (χ3v) is 2.78. The Morgan fingerprint density at radius 3 is 3.00 bits per heavy atom. The van der Waals surface area contributed by atoms with Crippen molar-refractivity contribution in [1.29, 1.82) is 0 Å². The molecule has 1 heteroatoms. The highest BCUT2D eigenvalue weighted by Crippen LogP contribution is 2.35. The van der Waals surface area contributed by atoms with E-state index in [0.29, 0.717) is 5.92 Å². The van der Waals surface area contributed by atoms with Crippen LogP contribution in [0.2, 0.25) is 0 Å². The summed E-state index contributed by atoms with van der Waals surface area (Å²) in [6.45, 7) is 4.59. The molecule has 0 bridgehead atoms. The fourth-order valence-corrected chi connectivity index (χ4v) is 1.82. The van der Waals surface area contributed by atoms with Crippen LogP contribution in [0.15, 0.2) is 18.3 Å².